The first-order valence-electron chi connectivity index (χ1n) is 10.1. The molecule has 0 radical (unpaired) electrons. The van der Waals surface area contributed by atoms with Gasteiger partial charge in [-0.2, -0.15) is 13.2 Å². The van der Waals surface area contributed by atoms with Gasteiger partial charge < -0.3 is 9.84 Å². The summed E-state index contributed by atoms with van der Waals surface area (Å²) >= 11 is 0. The number of carbonyl (C=O) groups excluding carboxylic acids is 1. The number of benzene rings is 1. The topological polar surface area (TPSA) is 110 Å². The Bertz CT molecular complexity index is 1290. The molecule has 1 aromatic carbocycles. The SMILES string of the molecule is Cc1noc(C)c1-c1ccc([C@H](C)[n+]2cc(NC(=O)Nc3ccnc(C(F)(F)F)c3)on2)cc1. The van der Waals surface area contributed by atoms with E-state index in [1.807, 2.05) is 45.0 Å². The zero-order valence-electron chi connectivity index (χ0n) is 18.3. The van der Waals surface area contributed by atoms with Crippen LogP contribution in [0.25, 0.3) is 11.1 Å². The van der Waals surface area contributed by atoms with Gasteiger partial charge in [-0.25, -0.2) is 4.79 Å². The molecule has 2 N–H and O–H groups in total. The maximum Gasteiger partial charge on any atom is 0.433 e. The van der Waals surface area contributed by atoms with Crippen LogP contribution in [0.4, 0.5) is 29.5 Å². The summed E-state index contributed by atoms with van der Waals surface area (Å²) < 4.78 is 50.2. The molecular weight excluding hydrogens is 453 g/mol. The van der Waals surface area contributed by atoms with Crippen molar-refractivity contribution in [3.8, 4) is 11.1 Å². The fraction of sp³-hybridized carbons (Fsp3) is 0.227. The molecule has 0 fully saturated rings. The second kappa shape index (κ2) is 8.96. The van der Waals surface area contributed by atoms with Crippen LogP contribution in [0.5, 0.6) is 0 Å². The molecule has 34 heavy (non-hydrogen) atoms. The number of pyridine rings is 1. The highest BCUT2D eigenvalue weighted by Crippen LogP contribution is 2.29. The van der Waals surface area contributed by atoms with Gasteiger partial charge in [-0.15, -0.1) is 0 Å². The summed E-state index contributed by atoms with van der Waals surface area (Å²) in [6.07, 6.45) is -2.19. The number of amides is 2. The van der Waals surface area contributed by atoms with E-state index in [4.69, 9.17) is 9.05 Å². The summed E-state index contributed by atoms with van der Waals surface area (Å²) in [5, 5.41) is 12.6. The molecule has 0 unspecified atom stereocenters. The van der Waals surface area contributed by atoms with Crippen molar-refractivity contribution in [3.63, 3.8) is 0 Å². The molecule has 176 valence electrons. The molecule has 0 bridgehead atoms. The van der Waals surface area contributed by atoms with Crippen LogP contribution < -0.4 is 15.3 Å². The van der Waals surface area contributed by atoms with E-state index in [0.29, 0.717) is 0 Å². The lowest BCUT2D eigenvalue weighted by molar-refractivity contribution is -0.774. The Morgan fingerprint density at radius 3 is 2.47 bits per heavy atom. The number of urea groups is 1. The van der Waals surface area contributed by atoms with E-state index in [9.17, 15) is 18.0 Å². The lowest BCUT2D eigenvalue weighted by atomic mass is 10.0. The normalized spacial score (nSPS) is 12.4. The van der Waals surface area contributed by atoms with Crippen LogP contribution in [0.15, 0.2) is 57.8 Å². The van der Waals surface area contributed by atoms with E-state index < -0.39 is 17.9 Å². The van der Waals surface area contributed by atoms with Gasteiger partial charge >= 0.3 is 18.1 Å². The highest BCUT2D eigenvalue weighted by molar-refractivity contribution is 5.98. The van der Waals surface area contributed by atoms with Gasteiger partial charge in [0.1, 0.15) is 11.5 Å². The van der Waals surface area contributed by atoms with Crippen LogP contribution in [0.3, 0.4) is 0 Å². The van der Waals surface area contributed by atoms with E-state index in [1.165, 1.54) is 16.9 Å². The average molecular weight is 473 g/mol. The van der Waals surface area contributed by atoms with Gasteiger partial charge in [0.15, 0.2) is 0 Å². The first-order valence-corrected chi connectivity index (χ1v) is 10.1. The fourth-order valence-corrected chi connectivity index (χ4v) is 3.41. The van der Waals surface area contributed by atoms with Gasteiger partial charge in [0.2, 0.25) is 11.3 Å². The number of nitrogens with one attached hydrogen (secondary N) is 2. The molecule has 2 amide bonds. The van der Waals surface area contributed by atoms with Gasteiger partial charge in [-0.1, -0.05) is 29.4 Å². The maximum atomic E-state index is 12.8. The molecule has 9 nitrogen and oxygen atoms in total. The summed E-state index contributed by atoms with van der Waals surface area (Å²) in [6.45, 7) is 5.63. The van der Waals surface area contributed by atoms with Gasteiger partial charge in [0.05, 0.1) is 5.69 Å². The molecule has 1 atom stereocenters. The molecule has 0 saturated carbocycles. The second-order valence-corrected chi connectivity index (χ2v) is 7.55. The van der Waals surface area contributed by atoms with E-state index >= 15 is 0 Å². The lowest BCUT2D eigenvalue weighted by Gasteiger charge is -2.08. The monoisotopic (exact) mass is 473 g/mol. The van der Waals surface area contributed by atoms with E-state index in [-0.39, 0.29) is 17.6 Å². The van der Waals surface area contributed by atoms with Crippen LogP contribution in [-0.4, -0.2) is 21.4 Å². The Kier molecular flexibility index (Phi) is 6.05. The van der Waals surface area contributed by atoms with Crippen LogP contribution in [0.1, 0.15) is 35.7 Å². The molecule has 0 aliphatic heterocycles. The number of aromatic nitrogens is 4. The van der Waals surface area contributed by atoms with E-state index in [1.54, 1.807) is 0 Å². The Labute approximate surface area is 191 Å². The summed E-state index contributed by atoms with van der Waals surface area (Å²) in [7, 11) is 0. The number of carbonyl (C=O) groups is 1. The minimum Gasteiger partial charge on any atom is -0.361 e. The second-order valence-electron chi connectivity index (χ2n) is 7.55. The van der Waals surface area contributed by atoms with Gasteiger partial charge in [0, 0.05) is 29.9 Å². The quantitative estimate of drug-likeness (QED) is 0.399. The number of halogens is 3. The molecule has 0 spiro atoms. The van der Waals surface area contributed by atoms with Crippen LogP contribution in [0, 0.1) is 13.8 Å². The van der Waals surface area contributed by atoms with Crippen molar-refractivity contribution in [1.82, 2.24) is 15.4 Å². The summed E-state index contributed by atoms with van der Waals surface area (Å²) in [5.41, 5.74) is 2.47. The van der Waals surface area contributed by atoms with Crippen LogP contribution in [-0.2, 0) is 6.18 Å². The van der Waals surface area contributed by atoms with Crippen LogP contribution >= 0.6 is 0 Å². The number of rotatable bonds is 5. The molecular formula is C22H20F3N6O3+. The predicted molar refractivity (Wildman–Crippen MR) is 114 cm³/mol. The highest BCUT2D eigenvalue weighted by Gasteiger charge is 2.32. The zero-order valence-corrected chi connectivity index (χ0v) is 18.3. The average Bonchev–Trinajstić information content (AvgIpc) is 3.39. The van der Waals surface area contributed by atoms with Crippen molar-refractivity contribution < 1.29 is 31.7 Å². The number of aryl methyl sites for hydroxylation is 2. The van der Waals surface area contributed by atoms with Crippen molar-refractivity contribution in [2.75, 3.05) is 10.6 Å². The number of nitrogens with zero attached hydrogens (tertiary/aromatic N) is 4. The largest absolute Gasteiger partial charge is 0.433 e. The third-order valence-electron chi connectivity index (χ3n) is 5.14. The third kappa shape index (κ3) is 4.90. The zero-order chi connectivity index (χ0) is 24.5. The van der Waals surface area contributed by atoms with E-state index in [2.05, 4.69) is 26.0 Å². The smallest absolute Gasteiger partial charge is 0.361 e. The molecule has 3 aromatic heterocycles. The van der Waals surface area contributed by atoms with Crippen LogP contribution in [0.2, 0.25) is 0 Å². The fourth-order valence-electron chi connectivity index (χ4n) is 3.41. The lowest BCUT2D eigenvalue weighted by Crippen LogP contribution is -2.39. The minimum atomic E-state index is -4.62. The molecule has 0 aliphatic rings. The molecule has 0 saturated heterocycles. The Morgan fingerprint density at radius 2 is 1.82 bits per heavy atom. The molecule has 4 aromatic rings. The van der Waals surface area contributed by atoms with Gasteiger partial charge in [-0.05, 0) is 36.2 Å². The molecule has 3 heterocycles. The van der Waals surface area contributed by atoms with E-state index in [0.717, 1.165) is 40.4 Å². The number of alkyl halides is 3. The van der Waals surface area contributed by atoms with Crippen molar-refractivity contribution in [1.29, 1.82) is 0 Å². The molecule has 0 aliphatic carbocycles. The highest BCUT2D eigenvalue weighted by atomic mass is 19.4. The van der Waals surface area contributed by atoms with Gasteiger partial charge in [-0.3, -0.25) is 14.8 Å². The van der Waals surface area contributed by atoms with Crippen molar-refractivity contribution in [2.45, 2.75) is 33.0 Å². The van der Waals surface area contributed by atoms with Gasteiger partial charge in [0.25, 0.3) is 6.20 Å². The Morgan fingerprint density at radius 1 is 1.09 bits per heavy atom. The first-order chi connectivity index (χ1) is 16.1. The minimum absolute atomic E-state index is 0.0155. The maximum absolute atomic E-state index is 12.8. The number of hydrogen-bond donors (Lipinski definition) is 2. The Balaban J connectivity index is 1.41. The Hall–Kier alpha value is -4.22. The van der Waals surface area contributed by atoms with Crippen molar-refractivity contribution >= 4 is 17.6 Å². The first kappa shape index (κ1) is 23.0. The summed E-state index contributed by atoms with van der Waals surface area (Å²) in [4.78, 5) is 15.4. The third-order valence-corrected chi connectivity index (χ3v) is 5.14. The predicted octanol–water partition coefficient (Wildman–Crippen LogP) is 4.90. The molecule has 4 rings (SSSR count). The number of hydrogen-bond acceptors (Lipinski definition) is 6. The van der Waals surface area contributed by atoms with Crippen molar-refractivity contribution in [2.24, 2.45) is 0 Å². The van der Waals surface area contributed by atoms with Crippen molar-refractivity contribution in [3.05, 3.63) is 71.5 Å². The number of anilines is 2. The standard InChI is InChI=1S/C22H19F3N6O3/c1-12-20(14(3)33-29-12)16-6-4-15(5-7-16)13(2)31-11-19(34-30-31)28-21(32)27-17-8-9-26-18(10-17)22(23,24)25/h4-11,13H,1-3H3,(H-,26,27,28,30,32)/p+1/t13-/m0/s1. The summed E-state index contributed by atoms with van der Waals surface area (Å²) in [5.74, 6) is 0.751. The summed E-state index contributed by atoms with van der Waals surface area (Å²) in [6, 6.07) is 8.74. The molecule has 12 heteroatoms.